The molecule has 3 heteroatoms. The van der Waals surface area contributed by atoms with Crippen molar-refractivity contribution in [3.63, 3.8) is 0 Å². The number of hydrogen-bond donors (Lipinski definition) is 0. The Morgan fingerprint density at radius 2 is 1.94 bits per heavy atom. The summed E-state index contributed by atoms with van der Waals surface area (Å²) in [7, 11) is 0. The Morgan fingerprint density at radius 3 is 2.65 bits per heavy atom. The Labute approximate surface area is 105 Å². The van der Waals surface area contributed by atoms with Gasteiger partial charge in [0.1, 0.15) is 0 Å². The molecule has 0 N–H and O–H groups in total. The summed E-state index contributed by atoms with van der Waals surface area (Å²) in [6.07, 6.45) is 6.19. The van der Waals surface area contributed by atoms with Gasteiger partial charge in [-0.1, -0.05) is 20.3 Å². The highest BCUT2D eigenvalue weighted by Gasteiger charge is 2.30. The van der Waals surface area contributed by atoms with Crippen molar-refractivity contribution < 1.29 is 4.79 Å². The lowest BCUT2D eigenvalue weighted by molar-refractivity contribution is 0.138. The van der Waals surface area contributed by atoms with E-state index in [1.165, 1.54) is 32.1 Å². The predicted molar refractivity (Wildman–Crippen MR) is 70.0 cm³/mol. The number of piperidine rings is 1. The van der Waals surface area contributed by atoms with Gasteiger partial charge in [-0.25, -0.2) is 4.79 Å². The fourth-order valence-electron chi connectivity index (χ4n) is 3.21. The van der Waals surface area contributed by atoms with E-state index in [4.69, 9.17) is 0 Å². The molecular formula is C14H26N2O. The third-order valence-corrected chi connectivity index (χ3v) is 4.18. The summed E-state index contributed by atoms with van der Waals surface area (Å²) in [4.78, 5) is 16.5. The van der Waals surface area contributed by atoms with Gasteiger partial charge in [-0.05, 0) is 37.5 Å². The van der Waals surface area contributed by atoms with E-state index in [2.05, 4.69) is 23.6 Å². The number of rotatable bonds is 2. The summed E-state index contributed by atoms with van der Waals surface area (Å²) in [5.41, 5.74) is 0. The van der Waals surface area contributed by atoms with Gasteiger partial charge in [0.05, 0.1) is 0 Å². The van der Waals surface area contributed by atoms with Crippen molar-refractivity contribution in [2.75, 3.05) is 26.2 Å². The number of likely N-dealkylation sites (tertiary alicyclic amines) is 2. The van der Waals surface area contributed by atoms with Gasteiger partial charge in [0, 0.05) is 26.2 Å². The van der Waals surface area contributed by atoms with Crippen LogP contribution in [0.25, 0.3) is 0 Å². The highest BCUT2D eigenvalue weighted by molar-refractivity contribution is 5.74. The zero-order chi connectivity index (χ0) is 12.3. The summed E-state index contributed by atoms with van der Waals surface area (Å²) in [5.74, 6) is 1.44. The number of hydrogen-bond acceptors (Lipinski definition) is 1. The average molecular weight is 238 g/mol. The van der Waals surface area contributed by atoms with E-state index >= 15 is 0 Å². The van der Waals surface area contributed by atoms with Crippen LogP contribution in [0.5, 0.6) is 0 Å². The summed E-state index contributed by atoms with van der Waals surface area (Å²) in [6.45, 7) is 8.40. The highest BCUT2D eigenvalue weighted by Crippen LogP contribution is 2.23. The van der Waals surface area contributed by atoms with Crippen LogP contribution in [-0.2, 0) is 0 Å². The Morgan fingerprint density at radius 1 is 1.18 bits per heavy atom. The average Bonchev–Trinajstić information content (AvgIpc) is 2.77. The first-order chi connectivity index (χ1) is 8.20. The molecule has 3 nitrogen and oxygen atoms in total. The van der Waals surface area contributed by atoms with Crippen molar-refractivity contribution in [1.82, 2.24) is 9.80 Å². The number of nitrogens with zero attached hydrogens (tertiary/aromatic N) is 2. The quantitative estimate of drug-likeness (QED) is 0.725. The molecular weight excluding hydrogens is 212 g/mol. The van der Waals surface area contributed by atoms with Gasteiger partial charge in [-0.15, -0.1) is 0 Å². The lowest BCUT2D eigenvalue weighted by Gasteiger charge is -2.34. The highest BCUT2D eigenvalue weighted by atomic mass is 16.2. The minimum Gasteiger partial charge on any atom is -0.324 e. The molecule has 17 heavy (non-hydrogen) atoms. The molecule has 2 fully saturated rings. The van der Waals surface area contributed by atoms with Crippen LogP contribution in [0.3, 0.4) is 0 Å². The Bertz CT molecular complexity index is 267. The van der Waals surface area contributed by atoms with Gasteiger partial charge in [0.25, 0.3) is 0 Å². The molecule has 0 saturated carbocycles. The zero-order valence-corrected chi connectivity index (χ0v) is 11.3. The molecule has 2 atom stereocenters. The van der Waals surface area contributed by atoms with Crippen LogP contribution in [0, 0.1) is 11.8 Å². The second-order valence-electron chi connectivity index (χ2n) is 5.87. The van der Waals surface area contributed by atoms with Crippen molar-refractivity contribution in [3.8, 4) is 0 Å². The van der Waals surface area contributed by atoms with E-state index in [1.54, 1.807) is 0 Å². The molecule has 0 bridgehead atoms. The van der Waals surface area contributed by atoms with Gasteiger partial charge in [-0.2, -0.15) is 0 Å². The van der Waals surface area contributed by atoms with Crippen LogP contribution >= 0.6 is 0 Å². The topological polar surface area (TPSA) is 23.6 Å². The maximum atomic E-state index is 12.3. The molecule has 2 amide bonds. The largest absolute Gasteiger partial charge is 0.324 e. The van der Waals surface area contributed by atoms with Crippen LogP contribution < -0.4 is 0 Å². The van der Waals surface area contributed by atoms with Crippen molar-refractivity contribution in [2.45, 2.75) is 46.0 Å². The summed E-state index contributed by atoms with van der Waals surface area (Å²) in [5, 5.41) is 0. The van der Waals surface area contributed by atoms with Crippen LogP contribution in [0.15, 0.2) is 0 Å². The molecule has 2 unspecified atom stereocenters. The molecule has 2 saturated heterocycles. The first kappa shape index (κ1) is 12.7. The van der Waals surface area contributed by atoms with Crippen LogP contribution in [0.1, 0.15) is 46.0 Å². The molecule has 0 spiro atoms. The number of amides is 2. The fraction of sp³-hybridized carbons (Fsp3) is 0.929. The second-order valence-corrected chi connectivity index (χ2v) is 5.87. The molecule has 0 aromatic heterocycles. The smallest absolute Gasteiger partial charge is 0.320 e. The lowest BCUT2D eigenvalue weighted by Crippen LogP contribution is -2.46. The van der Waals surface area contributed by atoms with E-state index in [0.717, 1.165) is 32.1 Å². The molecule has 0 aromatic rings. The lowest BCUT2D eigenvalue weighted by atomic mass is 10.0. The Hall–Kier alpha value is -0.730. The molecule has 0 radical (unpaired) electrons. The number of carbonyl (C=O) groups excluding carboxylic acids is 1. The molecule has 2 rings (SSSR count). The summed E-state index contributed by atoms with van der Waals surface area (Å²) >= 11 is 0. The third-order valence-electron chi connectivity index (χ3n) is 4.18. The van der Waals surface area contributed by atoms with E-state index in [-0.39, 0.29) is 0 Å². The molecule has 0 aromatic carbocycles. The standard InChI is InChI=1S/C14H26N2O/c1-3-5-13-7-9-16(11-13)14(17)15-8-4-6-12(2)10-15/h12-13H,3-11H2,1-2H3. The SMILES string of the molecule is CCCC1CCN(C(=O)N2CCCC(C)C2)C1. The van der Waals surface area contributed by atoms with Gasteiger partial charge < -0.3 is 9.80 Å². The normalized spacial score (nSPS) is 29.8. The van der Waals surface area contributed by atoms with Gasteiger partial charge in [0.15, 0.2) is 0 Å². The molecule has 2 aliphatic heterocycles. The first-order valence-electron chi connectivity index (χ1n) is 7.24. The second kappa shape index (κ2) is 5.74. The molecule has 2 heterocycles. The van der Waals surface area contributed by atoms with Crippen molar-refractivity contribution in [1.29, 1.82) is 0 Å². The molecule has 98 valence electrons. The van der Waals surface area contributed by atoms with E-state index in [0.29, 0.717) is 11.9 Å². The van der Waals surface area contributed by atoms with Crippen molar-refractivity contribution in [2.24, 2.45) is 11.8 Å². The Kier molecular flexibility index (Phi) is 4.30. The maximum Gasteiger partial charge on any atom is 0.320 e. The number of carbonyl (C=O) groups is 1. The van der Waals surface area contributed by atoms with E-state index in [9.17, 15) is 4.79 Å². The van der Waals surface area contributed by atoms with Crippen LogP contribution in [0.2, 0.25) is 0 Å². The van der Waals surface area contributed by atoms with Gasteiger partial charge in [0.2, 0.25) is 0 Å². The fourth-order valence-corrected chi connectivity index (χ4v) is 3.21. The van der Waals surface area contributed by atoms with Crippen molar-refractivity contribution >= 4 is 6.03 Å². The molecule has 2 aliphatic rings. The summed E-state index contributed by atoms with van der Waals surface area (Å²) < 4.78 is 0. The minimum absolute atomic E-state index is 0.301. The van der Waals surface area contributed by atoms with Gasteiger partial charge in [-0.3, -0.25) is 0 Å². The zero-order valence-electron chi connectivity index (χ0n) is 11.3. The van der Waals surface area contributed by atoms with E-state index in [1.807, 2.05) is 0 Å². The maximum absolute atomic E-state index is 12.3. The number of urea groups is 1. The van der Waals surface area contributed by atoms with Gasteiger partial charge >= 0.3 is 6.03 Å². The summed E-state index contributed by atoms with van der Waals surface area (Å²) in [6, 6.07) is 0.301. The predicted octanol–water partition coefficient (Wildman–Crippen LogP) is 2.96. The third kappa shape index (κ3) is 3.14. The van der Waals surface area contributed by atoms with Crippen LogP contribution in [-0.4, -0.2) is 42.0 Å². The van der Waals surface area contributed by atoms with Crippen molar-refractivity contribution in [3.05, 3.63) is 0 Å². The first-order valence-corrected chi connectivity index (χ1v) is 7.24. The molecule has 0 aliphatic carbocycles. The Balaban J connectivity index is 1.83. The van der Waals surface area contributed by atoms with Crippen LogP contribution in [0.4, 0.5) is 4.79 Å². The minimum atomic E-state index is 0.301. The monoisotopic (exact) mass is 238 g/mol. The van der Waals surface area contributed by atoms with E-state index < -0.39 is 0 Å².